The van der Waals surface area contributed by atoms with Gasteiger partial charge in [-0.05, 0) is 12.1 Å². The Labute approximate surface area is 119 Å². The van der Waals surface area contributed by atoms with Gasteiger partial charge in [-0.25, -0.2) is 13.8 Å². The number of alkyl halides is 2. The van der Waals surface area contributed by atoms with Crippen LogP contribution < -0.4 is 5.56 Å². The van der Waals surface area contributed by atoms with Crippen molar-refractivity contribution in [3.8, 4) is 11.3 Å². The number of halogens is 2. The quantitative estimate of drug-likeness (QED) is 0.740. The summed E-state index contributed by atoms with van der Waals surface area (Å²) in [5.74, 6) is 0. The third-order valence-electron chi connectivity index (χ3n) is 3.22. The van der Waals surface area contributed by atoms with Crippen LogP contribution in [0.2, 0.25) is 0 Å². The second kappa shape index (κ2) is 5.44. The van der Waals surface area contributed by atoms with Gasteiger partial charge in [0, 0.05) is 5.56 Å². The summed E-state index contributed by atoms with van der Waals surface area (Å²) < 4.78 is 26.7. The highest BCUT2D eigenvalue weighted by Gasteiger charge is 2.15. The van der Waals surface area contributed by atoms with Gasteiger partial charge in [0.15, 0.2) is 0 Å². The molecule has 1 aromatic heterocycles. The van der Waals surface area contributed by atoms with Gasteiger partial charge in [0.25, 0.3) is 12.0 Å². The molecular formula is C16H12F2N2O. The molecule has 3 rings (SSSR count). The number of nitrogens with zero attached hydrogens (tertiary/aromatic N) is 2. The summed E-state index contributed by atoms with van der Waals surface area (Å²) in [5.41, 5.74) is 1.26. The fraction of sp³-hybridized carbons (Fsp3) is 0.125. The lowest BCUT2D eigenvalue weighted by atomic mass is 10.1. The highest BCUT2D eigenvalue weighted by Crippen LogP contribution is 2.17. The van der Waals surface area contributed by atoms with Crippen molar-refractivity contribution in [1.82, 2.24) is 9.55 Å². The molecule has 3 aromatic rings. The van der Waals surface area contributed by atoms with Crippen molar-refractivity contribution in [3.05, 3.63) is 65.0 Å². The minimum atomic E-state index is -2.60. The van der Waals surface area contributed by atoms with E-state index in [0.717, 1.165) is 4.57 Å². The van der Waals surface area contributed by atoms with Crippen LogP contribution in [-0.2, 0) is 6.54 Å². The summed E-state index contributed by atoms with van der Waals surface area (Å²) >= 11 is 0. The molecule has 0 atom stereocenters. The lowest BCUT2D eigenvalue weighted by Gasteiger charge is -2.11. The summed E-state index contributed by atoms with van der Waals surface area (Å²) in [4.78, 5) is 16.8. The smallest absolute Gasteiger partial charge is 0.277 e. The van der Waals surface area contributed by atoms with Crippen molar-refractivity contribution in [2.24, 2.45) is 0 Å². The number of hydrogen-bond acceptors (Lipinski definition) is 2. The first-order chi connectivity index (χ1) is 10.2. The van der Waals surface area contributed by atoms with Gasteiger partial charge in [-0.15, -0.1) is 0 Å². The molecule has 106 valence electrons. The van der Waals surface area contributed by atoms with Crippen molar-refractivity contribution in [2.75, 3.05) is 0 Å². The Morgan fingerprint density at radius 3 is 2.38 bits per heavy atom. The minimum Gasteiger partial charge on any atom is -0.299 e. The van der Waals surface area contributed by atoms with Crippen molar-refractivity contribution in [3.63, 3.8) is 0 Å². The van der Waals surface area contributed by atoms with E-state index in [1.807, 2.05) is 6.07 Å². The zero-order valence-electron chi connectivity index (χ0n) is 11.0. The van der Waals surface area contributed by atoms with Crippen LogP contribution in [0, 0.1) is 0 Å². The van der Waals surface area contributed by atoms with Crippen molar-refractivity contribution in [1.29, 1.82) is 0 Å². The maximum absolute atomic E-state index is 12.8. The van der Waals surface area contributed by atoms with Crippen molar-refractivity contribution in [2.45, 2.75) is 13.0 Å². The summed E-state index contributed by atoms with van der Waals surface area (Å²) in [6.07, 6.45) is -2.60. The van der Waals surface area contributed by atoms with E-state index >= 15 is 0 Å². The molecule has 0 amide bonds. The fourth-order valence-corrected chi connectivity index (χ4v) is 2.30. The highest BCUT2D eigenvalue weighted by atomic mass is 19.3. The number of rotatable bonds is 3. The molecule has 0 saturated heterocycles. The Hall–Kier alpha value is -2.56. The zero-order chi connectivity index (χ0) is 14.8. The molecule has 0 fully saturated rings. The van der Waals surface area contributed by atoms with Gasteiger partial charge in [0.2, 0.25) is 0 Å². The van der Waals surface area contributed by atoms with E-state index in [1.54, 1.807) is 48.5 Å². The standard InChI is InChI=1S/C16H12F2N2O/c17-14(18)10-20-13-9-5-4-8-12(13)19-15(16(20)21)11-6-2-1-3-7-11/h1-9,14H,10H2. The van der Waals surface area contributed by atoms with Crippen LogP contribution >= 0.6 is 0 Å². The maximum atomic E-state index is 12.8. The number of benzene rings is 2. The van der Waals surface area contributed by atoms with E-state index in [0.29, 0.717) is 16.6 Å². The summed E-state index contributed by atoms with van der Waals surface area (Å²) in [6, 6.07) is 15.7. The molecule has 0 spiro atoms. The van der Waals surface area contributed by atoms with Crippen LogP contribution in [-0.4, -0.2) is 16.0 Å². The van der Waals surface area contributed by atoms with Gasteiger partial charge in [-0.1, -0.05) is 42.5 Å². The van der Waals surface area contributed by atoms with E-state index in [-0.39, 0.29) is 5.69 Å². The molecule has 1 heterocycles. The first kappa shape index (κ1) is 13.4. The molecule has 0 N–H and O–H groups in total. The maximum Gasteiger partial charge on any atom is 0.277 e. The Balaban J connectivity index is 2.32. The zero-order valence-corrected chi connectivity index (χ0v) is 11.0. The molecule has 0 bridgehead atoms. The minimum absolute atomic E-state index is 0.190. The molecule has 0 unspecified atom stereocenters. The van der Waals surface area contributed by atoms with E-state index < -0.39 is 18.5 Å². The third kappa shape index (κ3) is 2.54. The van der Waals surface area contributed by atoms with Gasteiger partial charge in [0.05, 0.1) is 17.6 Å². The third-order valence-corrected chi connectivity index (χ3v) is 3.22. The second-order valence-electron chi connectivity index (χ2n) is 4.62. The first-order valence-corrected chi connectivity index (χ1v) is 6.50. The molecule has 3 nitrogen and oxygen atoms in total. The molecule has 21 heavy (non-hydrogen) atoms. The Bertz CT molecular complexity index is 829. The van der Waals surface area contributed by atoms with Gasteiger partial charge in [-0.2, -0.15) is 0 Å². The molecule has 5 heteroatoms. The van der Waals surface area contributed by atoms with Crippen LogP contribution in [0.4, 0.5) is 8.78 Å². The molecule has 0 aliphatic carbocycles. The molecule has 0 aliphatic rings. The lowest BCUT2D eigenvalue weighted by Crippen LogP contribution is -2.26. The van der Waals surface area contributed by atoms with Crippen molar-refractivity contribution >= 4 is 11.0 Å². The van der Waals surface area contributed by atoms with Gasteiger partial charge in [0.1, 0.15) is 5.69 Å². The summed E-state index contributed by atoms with van der Waals surface area (Å²) in [6.45, 7) is -0.637. The van der Waals surface area contributed by atoms with Gasteiger partial charge >= 0.3 is 0 Å². The normalized spacial score (nSPS) is 11.2. The Morgan fingerprint density at radius 2 is 1.67 bits per heavy atom. The van der Waals surface area contributed by atoms with Gasteiger partial charge in [-0.3, -0.25) is 9.36 Å². The number of fused-ring (bicyclic) bond motifs is 1. The summed E-state index contributed by atoms with van der Waals surface area (Å²) in [5, 5.41) is 0. The predicted octanol–water partition coefficient (Wildman–Crippen LogP) is 3.33. The van der Waals surface area contributed by atoms with E-state index in [4.69, 9.17) is 0 Å². The fourth-order valence-electron chi connectivity index (χ4n) is 2.30. The second-order valence-corrected chi connectivity index (χ2v) is 4.62. The van der Waals surface area contributed by atoms with E-state index in [2.05, 4.69) is 4.98 Å². The van der Waals surface area contributed by atoms with Crippen molar-refractivity contribution < 1.29 is 8.78 Å². The van der Waals surface area contributed by atoms with Crippen LogP contribution in [0.15, 0.2) is 59.4 Å². The van der Waals surface area contributed by atoms with Crippen LogP contribution in [0.5, 0.6) is 0 Å². The van der Waals surface area contributed by atoms with E-state index in [9.17, 15) is 13.6 Å². The Kier molecular flexibility index (Phi) is 3.48. The average Bonchev–Trinajstić information content (AvgIpc) is 2.50. The largest absolute Gasteiger partial charge is 0.299 e. The van der Waals surface area contributed by atoms with Gasteiger partial charge < -0.3 is 0 Å². The lowest BCUT2D eigenvalue weighted by molar-refractivity contribution is 0.127. The molecule has 2 aromatic carbocycles. The summed E-state index contributed by atoms with van der Waals surface area (Å²) in [7, 11) is 0. The Morgan fingerprint density at radius 1 is 1.00 bits per heavy atom. The number of para-hydroxylation sites is 2. The van der Waals surface area contributed by atoms with Crippen LogP contribution in [0.25, 0.3) is 22.3 Å². The topological polar surface area (TPSA) is 34.9 Å². The predicted molar refractivity (Wildman–Crippen MR) is 77.4 cm³/mol. The highest BCUT2D eigenvalue weighted by molar-refractivity contribution is 5.77. The monoisotopic (exact) mass is 286 g/mol. The molecule has 0 aliphatic heterocycles. The number of aromatic nitrogens is 2. The average molecular weight is 286 g/mol. The molecule has 0 radical (unpaired) electrons. The molecular weight excluding hydrogens is 274 g/mol. The van der Waals surface area contributed by atoms with Crippen LogP contribution in [0.3, 0.4) is 0 Å². The van der Waals surface area contributed by atoms with Crippen LogP contribution in [0.1, 0.15) is 0 Å². The molecule has 0 saturated carbocycles. The first-order valence-electron chi connectivity index (χ1n) is 6.50. The van der Waals surface area contributed by atoms with E-state index in [1.165, 1.54) is 0 Å². The SMILES string of the molecule is O=c1c(-c2ccccc2)nc2ccccc2n1CC(F)F. The number of hydrogen-bond donors (Lipinski definition) is 0.